The molecule has 0 aliphatic heterocycles. The van der Waals surface area contributed by atoms with E-state index in [-0.39, 0.29) is 18.0 Å². The fourth-order valence-corrected chi connectivity index (χ4v) is 0.899. The van der Waals surface area contributed by atoms with Crippen LogP contribution in [0.3, 0.4) is 0 Å². The minimum atomic E-state index is -0.103. The number of halogens is 1. The summed E-state index contributed by atoms with van der Waals surface area (Å²) in [5.74, 6) is 2.39. The SMILES string of the molecule is C#CCOC(C)c1cnc(Cl)nc1. The molecular weight excluding hydrogens is 188 g/mol. The zero-order chi connectivity index (χ0) is 9.68. The number of hydrogen-bond acceptors (Lipinski definition) is 3. The topological polar surface area (TPSA) is 35.0 Å². The molecule has 1 unspecified atom stereocenters. The van der Waals surface area contributed by atoms with E-state index >= 15 is 0 Å². The quantitative estimate of drug-likeness (QED) is 0.547. The van der Waals surface area contributed by atoms with Crippen molar-refractivity contribution in [2.75, 3.05) is 6.61 Å². The molecule has 13 heavy (non-hydrogen) atoms. The van der Waals surface area contributed by atoms with Crippen LogP contribution in [0.5, 0.6) is 0 Å². The van der Waals surface area contributed by atoms with Gasteiger partial charge in [-0.1, -0.05) is 5.92 Å². The van der Waals surface area contributed by atoms with Gasteiger partial charge in [0.2, 0.25) is 5.28 Å². The highest BCUT2D eigenvalue weighted by Crippen LogP contribution is 2.14. The molecule has 0 bridgehead atoms. The Labute approximate surface area is 82.1 Å². The third-order valence-electron chi connectivity index (χ3n) is 1.53. The fraction of sp³-hybridized carbons (Fsp3) is 0.333. The Morgan fingerprint density at radius 1 is 1.62 bits per heavy atom. The summed E-state index contributed by atoms with van der Waals surface area (Å²) in [6.45, 7) is 2.16. The third-order valence-corrected chi connectivity index (χ3v) is 1.72. The molecule has 0 aliphatic rings. The smallest absolute Gasteiger partial charge is 0.222 e. The van der Waals surface area contributed by atoms with Gasteiger partial charge >= 0.3 is 0 Å². The second-order valence-corrected chi connectivity index (χ2v) is 2.78. The molecular formula is C9H9ClN2O. The lowest BCUT2D eigenvalue weighted by atomic mass is 10.2. The first kappa shape index (κ1) is 9.97. The van der Waals surface area contributed by atoms with Gasteiger partial charge in [-0.05, 0) is 18.5 Å². The molecule has 0 radical (unpaired) electrons. The van der Waals surface area contributed by atoms with Gasteiger partial charge in [0.15, 0.2) is 0 Å². The van der Waals surface area contributed by atoms with E-state index in [0.717, 1.165) is 5.56 Å². The van der Waals surface area contributed by atoms with Crippen LogP contribution in [0.4, 0.5) is 0 Å². The highest BCUT2D eigenvalue weighted by molar-refractivity contribution is 6.28. The molecule has 0 amide bonds. The van der Waals surface area contributed by atoms with Crippen LogP contribution in [0.1, 0.15) is 18.6 Å². The predicted molar refractivity (Wildman–Crippen MR) is 50.2 cm³/mol. The zero-order valence-corrected chi connectivity index (χ0v) is 7.95. The molecule has 4 heteroatoms. The zero-order valence-electron chi connectivity index (χ0n) is 7.20. The van der Waals surface area contributed by atoms with Crippen molar-refractivity contribution in [3.63, 3.8) is 0 Å². The maximum absolute atomic E-state index is 5.53. The minimum absolute atomic E-state index is 0.103. The lowest BCUT2D eigenvalue weighted by molar-refractivity contribution is 0.0921. The van der Waals surface area contributed by atoms with Crippen LogP contribution in [-0.2, 0) is 4.74 Å². The van der Waals surface area contributed by atoms with Gasteiger partial charge in [0.05, 0.1) is 6.10 Å². The number of terminal acetylenes is 1. The van der Waals surface area contributed by atoms with E-state index in [2.05, 4.69) is 15.9 Å². The summed E-state index contributed by atoms with van der Waals surface area (Å²) in [5, 5.41) is 0.230. The summed E-state index contributed by atoms with van der Waals surface area (Å²) in [7, 11) is 0. The summed E-state index contributed by atoms with van der Waals surface area (Å²) < 4.78 is 5.26. The van der Waals surface area contributed by atoms with Crippen molar-refractivity contribution in [2.45, 2.75) is 13.0 Å². The molecule has 1 rings (SSSR count). The van der Waals surface area contributed by atoms with Gasteiger partial charge in [-0.25, -0.2) is 9.97 Å². The average molecular weight is 197 g/mol. The standard InChI is InChI=1S/C9H9ClN2O/c1-3-4-13-7(2)8-5-11-9(10)12-6-8/h1,5-7H,4H2,2H3. The first-order valence-electron chi connectivity index (χ1n) is 3.76. The van der Waals surface area contributed by atoms with Crippen LogP contribution in [0, 0.1) is 12.3 Å². The Kier molecular flexibility index (Phi) is 3.69. The molecule has 0 aliphatic carbocycles. The molecule has 3 nitrogen and oxygen atoms in total. The van der Waals surface area contributed by atoms with E-state index in [9.17, 15) is 0 Å². The molecule has 68 valence electrons. The maximum atomic E-state index is 5.53. The number of ether oxygens (including phenoxy) is 1. The Morgan fingerprint density at radius 2 is 2.23 bits per heavy atom. The Morgan fingerprint density at radius 3 is 2.77 bits per heavy atom. The highest BCUT2D eigenvalue weighted by atomic mass is 35.5. The van der Waals surface area contributed by atoms with Gasteiger partial charge in [-0.15, -0.1) is 6.42 Å². The summed E-state index contributed by atoms with van der Waals surface area (Å²) in [4.78, 5) is 7.66. The van der Waals surface area contributed by atoms with Gasteiger partial charge in [0, 0.05) is 18.0 Å². The number of rotatable bonds is 3. The average Bonchev–Trinajstić information content (AvgIpc) is 2.15. The fourth-order valence-electron chi connectivity index (χ4n) is 0.802. The lowest BCUT2D eigenvalue weighted by Gasteiger charge is -2.09. The molecule has 1 heterocycles. The number of nitrogens with zero attached hydrogens (tertiary/aromatic N) is 2. The molecule has 0 fully saturated rings. The van der Waals surface area contributed by atoms with Gasteiger partial charge in [0.1, 0.15) is 6.61 Å². The van der Waals surface area contributed by atoms with Gasteiger partial charge in [-0.3, -0.25) is 0 Å². The van der Waals surface area contributed by atoms with Crippen LogP contribution in [0.25, 0.3) is 0 Å². The predicted octanol–water partition coefficient (Wildman–Crippen LogP) is 1.84. The third kappa shape index (κ3) is 3.02. The molecule has 1 aromatic rings. The summed E-state index contributed by atoms with van der Waals surface area (Å²) in [6.07, 6.45) is 8.19. The number of aromatic nitrogens is 2. The van der Waals surface area contributed by atoms with Crippen LogP contribution in [-0.4, -0.2) is 16.6 Å². The first-order chi connectivity index (χ1) is 6.24. The molecule has 1 atom stereocenters. The molecule has 0 saturated heterocycles. The van der Waals surface area contributed by atoms with Gasteiger partial charge in [0.25, 0.3) is 0 Å². The van der Waals surface area contributed by atoms with Crippen molar-refractivity contribution in [3.05, 3.63) is 23.2 Å². The Bertz CT molecular complexity index is 304. The van der Waals surface area contributed by atoms with Crippen LogP contribution in [0.2, 0.25) is 5.28 Å². The van der Waals surface area contributed by atoms with Crippen LogP contribution < -0.4 is 0 Å². The van der Waals surface area contributed by atoms with E-state index in [1.165, 1.54) is 0 Å². The molecule has 0 spiro atoms. The van der Waals surface area contributed by atoms with Crippen molar-refractivity contribution in [2.24, 2.45) is 0 Å². The Balaban J connectivity index is 2.62. The van der Waals surface area contributed by atoms with E-state index < -0.39 is 0 Å². The largest absolute Gasteiger partial charge is 0.361 e. The van der Waals surface area contributed by atoms with Crippen molar-refractivity contribution in [1.29, 1.82) is 0 Å². The van der Waals surface area contributed by atoms with Crippen LogP contribution >= 0.6 is 11.6 Å². The van der Waals surface area contributed by atoms with E-state index in [0.29, 0.717) is 0 Å². The van der Waals surface area contributed by atoms with E-state index in [1.54, 1.807) is 12.4 Å². The molecule has 0 aromatic carbocycles. The van der Waals surface area contributed by atoms with Crippen molar-refractivity contribution >= 4 is 11.6 Å². The first-order valence-corrected chi connectivity index (χ1v) is 4.14. The maximum Gasteiger partial charge on any atom is 0.222 e. The summed E-state index contributed by atoms with van der Waals surface area (Å²) in [6, 6.07) is 0. The van der Waals surface area contributed by atoms with Gasteiger partial charge < -0.3 is 4.74 Å². The summed E-state index contributed by atoms with van der Waals surface area (Å²) in [5.41, 5.74) is 0.861. The van der Waals surface area contributed by atoms with Crippen molar-refractivity contribution in [3.8, 4) is 12.3 Å². The van der Waals surface area contributed by atoms with Crippen molar-refractivity contribution < 1.29 is 4.74 Å². The molecule has 1 aromatic heterocycles. The normalized spacial score (nSPS) is 12.1. The monoisotopic (exact) mass is 196 g/mol. The van der Waals surface area contributed by atoms with E-state index in [1.807, 2.05) is 6.92 Å². The highest BCUT2D eigenvalue weighted by Gasteiger charge is 2.05. The molecule has 0 N–H and O–H groups in total. The van der Waals surface area contributed by atoms with E-state index in [4.69, 9.17) is 22.8 Å². The van der Waals surface area contributed by atoms with Crippen molar-refractivity contribution in [1.82, 2.24) is 9.97 Å². The minimum Gasteiger partial charge on any atom is -0.361 e. The Hall–Kier alpha value is -1.11. The number of hydrogen-bond donors (Lipinski definition) is 0. The second kappa shape index (κ2) is 4.80. The second-order valence-electron chi connectivity index (χ2n) is 2.44. The summed E-state index contributed by atoms with van der Waals surface area (Å²) >= 11 is 5.53. The lowest BCUT2D eigenvalue weighted by Crippen LogP contribution is -2.01. The van der Waals surface area contributed by atoms with Crippen LogP contribution in [0.15, 0.2) is 12.4 Å². The molecule has 0 saturated carbocycles. The van der Waals surface area contributed by atoms with Gasteiger partial charge in [-0.2, -0.15) is 0 Å².